The maximum atomic E-state index is 12.4. The number of benzene rings is 2. The number of sulfonamides is 1. The molecule has 0 heterocycles. The molecule has 0 aliphatic rings. The van der Waals surface area contributed by atoms with Gasteiger partial charge in [0.2, 0.25) is 10.0 Å². The van der Waals surface area contributed by atoms with E-state index in [0.717, 1.165) is 12.0 Å². The normalized spacial score (nSPS) is 11.4. The lowest BCUT2D eigenvalue weighted by molar-refractivity contribution is 0.0950. The standard InChI is InChI=1S/C20H26N2O4S/c1-15(2)11-12-22-27(24,25)18-9-6-8-16(13-18)20(23)21-14-17-7-4-5-10-19(17)26-3/h4-10,13,15,22H,11-12,14H2,1-3H3,(H,21,23). The third-order valence-electron chi connectivity index (χ3n) is 4.05. The second kappa shape index (κ2) is 9.53. The van der Waals surface area contributed by atoms with Crippen molar-refractivity contribution >= 4 is 15.9 Å². The van der Waals surface area contributed by atoms with Gasteiger partial charge in [-0.1, -0.05) is 38.1 Å². The third kappa shape index (κ3) is 6.08. The van der Waals surface area contributed by atoms with E-state index >= 15 is 0 Å². The Hall–Kier alpha value is -2.38. The second-order valence-corrected chi connectivity index (χ2v) is 8.37. The van der Waals surface area contributed by atoms with Gasteiger partial charge in [0.25, 0.3) is 5.91 Å². The number of nitrogens with one attached hydrogen (secondary N) is 2. The fraction of sp³-hybridized carbons (Fsp3) is 0.350. The van der Waals surface area contributed by atoms with Crippen LogP contribution in [0, 0.1) is 5.92 Å². The van der Waals surface area contributed by atoms with Crippen LogP contribution < -0.4 is 14.8 Å². The first-order chi connectivity index (χ1) is 12.8. The summed E-state index contributed by atoms with van der Waals surface area (Å²) >= 11 is 0. The zero-order valence-electron chi connectivity index (χ0n) is 15.9. The van der Waals surface area contributed by atoms with Gasteiger partial charge in [-0.3, -0.25) is 4.79 Å². The summed E-state index contributed by atoms with van der Waals surface area (Å²) in [4.78, 5) is 12.5. The fourth-order valence-corrected chi connectivity index (χ4v) is 3.59. The van der Waals surface area contributed by atoms with Gasteiger partial charge in [-0.2, -0.15) is 0 Å². The van der Waals surface area contributed by atoms with Crippen LogP contribution in [0.25, 0.3) is 0 Å². The Morgan fingerprint density at radius 1 is 1.11 bits per heavy atom. The molecule has 0 aliphatic heterocycles. The molecule has 27 heavy (non-hydrogen) atoms. The van der Waals surface area contributed by atoms with Crippen LogP contribution >= 0.6 is 0 Å². The van der Waals surface area contributed by atoms with Crippen molar-refractivity contribution in [3.63, 3.8) is 0 Å². The molecular formula is C20H26N2O4S. The Kier molecular flexibility index (Phi) is 7.38. The largest absolute Gasteiger partial charge is 0.496 e. The van der Waals surface area contributed by atoms with Gasteiger partial charge in [0.05, 0.1) is 12.0 Å². The molecule has 0 unspecified atom stereocenters. The molecule has 2 N–H and O–H groups in total. The number of amides is 1. The molecule has 1 amide bonds. The number of carbonyl (C=O) groups excluding carboxylic acids is 1. The van der Waals surface area contributed by atoms with Crippen LogP contribution in [-0.2, 0) is 16.6 Å². The van der Waals surface area contributed by atoms with Crippen LogP contribution in [-0.4, -0.2) is 28.0 Å². The Balaban J connectivity index is 2.06. The topological polar surface area (TPSA) is 84.5 Å². The molecule has 0 radical (unpaired) electrons. The highest BCUT2D eigenvalue weighted by atomic mass is 32.2. The van der Waals surface area contributed by atoms with Gasteiger partial charge in [0.1, 0.15) is 5.75 Å². The minimum atomic E-state index is -3.64. The number of rotatable bonds is 9. The van der Waals surface area contributed by atoms with Crippen LogP contribution in [0.3, 0.4) is 0 Å². The molecule has 2 aromatic rings. The lowest BCUT2D eigenvalue weighted by Gasteiger charge is -2.11. The predicted molar refractivity (Wildman–Crippen MR) is 105 cm³/mol. The van der Waals surface area contributed by atoms with Crippen molar-refractivity contribution in [3.8, 4) is 5.75 Å². The molecule has 6 nitrogen and oxygen atoms in total. The number of ether oxygens (including phenoxy) is 1. The summed E-state index contributed by atoms with van der Waals surface area (Å²) in [6.07, 6.45) is 0.748. The van der Waals surface area contributed by atoms with E-state index in [1.165, 1.54) is 12.1 Å². The minimum absolute atomic E-state index is 0.0798. The average Bonchev–Trinajstić information content (AvgIpc) is 2.66. The zero-order valence-corrected chi connectivity index (χ0v) is 16.7. The molecule has 0 bridgehead atoms. The summed E-state index contributed by atoms with van der Waals surface area (Å²) in [5.74, 6) is 0.739. The lowest BCUT2D eigenvalue weighted by Crippen LogP contribution is -2.27. The van der Waals surface area contributed by atoms with E-state index in [1.54, 1.807) is 19.2 Å². The molecule has 0 spiro atoms. The molecule has 7 heteroatoms. The van der Waals surface area contributed by atoms with E-state index in [2.05, 4.69) is 10.0 Å². The highest BCUT2D eigenvalue weighted by Gasteiger charge is 2.16. The van der Waals surface area contributed by atoms with Gasteiger partial charge in [0, 0.05) is 24.2 Å². The van der Waals surface area contributed by atoms with Gasteiger partial charge >= 0.3 is 0 Å². The first kappa shape index (κ1) is 20.9. The molecule has 0 aromatic heterocycles. The number of hydrogen-bond acceptors (Lipinski definition) is 4. The quantitative estimate of drug-likeness (QED) is 0.689. The maximum Gasteiger partial charge on any atom is 0.251 e. The van der Waals surface area contributed by atoms with Crippen LogP contribution in [0.4, 0.5) is 0 Å². The van der Waals surface area contributed by atoms with E-state index in [0.29, 0.717) is 18.2 Å². The van der Waals surface area contributed by atoms with Gasteiger partial charge in [-0.25, -0.2) is 13.1 Å². The molecule has 0 aliphatic carbocycles. The summed E-state index contributed by atoms with van der Waals surface area (Å²) in [6.45, 7) is 4.71. The van der Waals surface area contributed by atoms with Crippen molar-refractivity contribution in [3.05, 3.63) is 59.7 Å². The minimum Gasteiger partial charge on any atom is -0.496 e. The van der Waals surface area contributed by atoms with Gasteiger partial charge < -0.3 is 10.1 Å². The van der Waals surface area contributed by atoms with Crippen LogP contribution in [0.15, 0.2) is 53.4 Å². The summed E-state index contributed by atoms with van der Waals surface area (Å²) in [5.41, 5.74) is 1.13. The first-order valence-electron chi connectivity index (χ1n) is 8.83. The fourth-order valence-electron chi connectivity index (χ4n) is 2.50. The van der Waals surface area contributed by atoms with Crippen molar-refractivity contribution in [2.75, 3.05) is 13.7 Å². The van der Waals surface area contributed by atoms with Gasteiger partial charge in [-0.05, 0) is 36.6 Å². The summed E-state index contributed by atoms with van der Waals surface area (Å²) in [7, 11) is -2.07. The summed E-state index contributed by atoms with van der Waals surface area (Å²) in [6, 6.07) is 13.4. The molecule has 0 atom stereocenters. The smallest absolute Gasteiger partial charge is 0.251 e. The Labute approximate surface area is 161 Å². The van der Waals surface area contributed by atoms with Gasteiger partial charge in [0.15, 0.2) is 0 Å². The van der Waals surface area contributed by atoms with Crippen LogP contribution in [0.5, 0.6) is 5.75 Å². The molecule has 0 saturated heterocycles. The van der Waals surface area contributed by atoms with Crippen molar-refractivity contribution in [2.24, 2.45) is 5.92 Å². The average molecular weight is 391 g/mol. The number of carbonyl (C=O) groups is 1. The van der Waals surface area contributed by atoms with Crippen LogP contribution in [0.1, 0.15) is 36.2 Å². The highest BCUT2D eigenvalue weighted by molar-refractivity contribution is 7.89. The van der Waals surface area contributed by atoms with Crippen molar-refractivity contribution < 1.29 is 17.9 Å². The zero-order chi connectivity index (χ0) is 19.9. The van der Waals surface area contributed by atoms with Crippen molar-refractivity contribution in [1.29, 1.82) is 0 Å². The van der Waals surface area contributed by atoms with E-state index in [1.807, 2.05) is 38.1 Å². The number of para-hydroxylation sites is 1. The van der Waals surface area contributed by atoms with E-state index in [-0.39, 0.29) is 22.9 Å². The molecular weight excluding hydrogens is 364 g/mol. The summed E-state index contributed by atoms with van der Waals surface area (Å²) < 4.78 is 32.6. The summed E-state index contributed by atoms with van der Waals surface area (Å²) in [5, 5.41) is 2.79. The molecule has 2 rings (SSSR count). The van der Waals surface area contributed by atoms with E-state index in [9.17, 15) is 13.2 Å². The Bertz CT molecular complexity index is 879. The van der Waals surface area contributed by atoms with Crippen molar-refractivity contribution in [1.82, 2.24) is 10.0 Å². The number of hydrogen-bond donors (Lipinski definition) is 2. The highest BCUT2D eigenvalue weighted by Crippen LogP contribution is 2.17. The second-order valence-electron chi connectivity index (χ2n) is 6.60. The Morgan fingerprint density at radius 2 is 1.85 bits per heavy atom. The van der Waals surface area contributed by atoms with Crippen molar-refractivity contribution in [2.45, 2.75) is 31.7 Å². The monoisotopic (exact) mass is 390 g/mol. The Morgan fingerprint density at radius 3 is 2.56 bits per heavy atom. The molecule has 146 valence electrons. The van der Waals surface area contributed by atoms with E-state index < -0.39 is 10.0 Å². The SMILES string of the molecule is COc1ccccc1CNC(=O)c1cccc(S(=O)(=O)NCCC(C)C)c1. The first-order valence-corrected chi connectivity index (χ1v) is 10.3. The molecule has 2 aromatic carbocycles. The van der Waals surface area contributed by atoms with E-state index in [4.69, 9.17) is 4.74 Å². The number of methoxy groups -OCH3 is 1. The van der Waals surface area contributed by atoms with Gasteiger partial charge in [-0.15, -0.1) is 0 Å². The predicted octanol–water partition coefficient (Wildman–Crippen LogP) is 2.95. The van der Waals surface area contributed by atoms with Crippen LogP contribution in [0.2, 0.25) is 0 Å². The molecule has 0 fully saturated rings. The third-order valence-corrected chi connectivity index (χ3v) is 5.51. The maximum absolute atomic E-state index is 12.4. The lowest BCUT2D eigenvalue weighted by atomic mass is 10.1. The molecule has 0 saturated carbocycles.